The summed E-state index contributed by atoms with van der Waals surface area (Å²) in [6.45, 7) is 16.9. The van der Waals surface area contributed by atoms with E-state index in [9.17, 15) is 0 Å². The number of likely N-dealkylation sites (tertiary alicyclic amines) is 1. The Kier molecular flexibility index (Phi) is 22.7. The molecule has 8 nitrogen and oxygen atoms in total. The van der Waals surface area contributed by atoms with Gasteiger partial charge in [0.2, 0.25) is 0 Å². The second kappa shape index (κ2) is 19.0. The molecule has 2 heterocycles. The summed E-state index contributed by atoms with van der Waals surface area (Å²) in [5.74, 6) is 2.13. The second-order valence-corrected chi connectivity index (χ2v) is 11.8. The van der Waals surface area contributed by atoms with E-state index in [0.717, 1.165) is 18.9 Å². The molecule has 11 N–H and O–H groups in total. The molecule has 0 aromatic rings. The van der Waals surface area contributed by atoms with E-state index in [4.69, 9.17) is 11.6 Å². The van der Waals surface area contributed by atoms with Gasteiger partial charge in [-0.3, -0.25) is 4.31 Å². The van der Waals surface area contributed by atoms with Crippen LogP contribution in [0.25, 0.3) is 0 Å². The third-order valence-electron chi connectivity index (χ3n) is 7.22. The van der Waals surface area contributed by atoms with Crippen LogP contribution in [-0.2, 0) is 0 Å². The number of nitrogens with one attached hydrogen (secondary N) is 1. The van der Waals surface area contributed by atoms with Crippen LogP contribution in [0, 0.1) is 23.2 Å². The highest BCUT2D eigenvalue weighted by molar-refractivity contribution is 7.96. The lowest BCUT2D eigenvalue weighted by Gasteiger charge is -2.46. The van der Waals surface area contributed by atoms with Gasteiger partial charge in [0.25, 0.3) is 0 Å². The van der Waals surface area contributed by atoms with Gasteiger partial charge in [-0.2, -0.15) is 0 Å². The number of alkyl halides is 1. The number of piperidine rings is 1. The van der Waals surface area contributed by atoms with Crippen LogP contribution in [0.15, 0.2) is 23.8 Å². The molecule has 0 saturated carbocycles. The molecule has 0 radical (unpaired) electrons. The third-order valence-corrected chi connectivity index (χ3v) is 8.39. The van der Waals surface area contributed by atoms with Gasteiger partial charge in [-0.15, -0.1) is 11.6 Å². The van der Waals surface area contributed by atoms with Gasteiger partial charge in [-0.1, -0.05) is 65.3 Å². The van der Waals surface area contributed by atoms with Crippen molar-refractivity contribution in [3.63, 3.8) is 0 Å². The van der Waals surface area contributed by atoms with Gasteiger partial charge in [0.15, 0.2) is 0 Å². The fourth-order valence-electron chi connectivity index (χ4n) is 5.35. The maximum Gasteiger partial charge on any atom is 0.0553 e. The molecule has 0 amide bonds. The topological polar surface area (TPSA) is 176 Å². The zero-order valence-electron chi connectivity index (χ0n) is 21.7. The smallest absolute Gasteiger partial charge is 0.0553 e. The van der Waals surface area contributed by atoms with Crippen molar-refractivity contribution >= 4 is 23.5 Å². The maximum absolute atomic E-state index is 6.24. The Hall–Kier alpha value is -0.200. The number of allylic oxidation sites excluding steroid dienone is 4. The van der Waals surface area contributed by atoms with Gasteiger partial charge in [0, 0.05) is 32.2 Å². The minimum absolute atomic E-state index is 0. The number of hydrogen-bond donors (Lipinski definition) is 1. The molecule has 1 aliphatic carbocycles. The summed E-state index contributed by atoms with van der Waals surface area (Å²) in [7, 11) is 0. The molecule has 10 heteroatoms. The molecular formula is C25H56ClN3O5S. The maximum atomic E-state index is 6.24. The van der Waals surface area contributed by atoms with Crippen molar-refractivity contribution in [2.75, 3.05) is 45.5 Å². The average Bonchev–Trinajstić information content (AvgIpc) is 3.13. The summed E-state index contributed by atoms with van der Waals surface area (Å²) in [6.07, 6.45) is 12.6. The van der Waals surface area contributed by atoms with E-state index in [-0.39, 0.29) is 40.2 Å². The molecular weight excluding hydrogens is 490 g/mol. The highest BCUT2D eigenvalue weighted by atomic mass is 35.5. The van der Waals surface area contributed by atoms with E-state index >= 15 is 0 Å². The van der Waals surface area contributed by atoms with Crippen LogP contribution in [0.2, 0.25) is 0 Å². The summed E-state index contributed by atoms with van der Waals surface area (Å²) < 4.78 is 2.50. The van der Waals surface area contributed by atoms with E-state index < -0.39 is 0 Å². The van der Waals surface area contributed by atoms with E-state index in [1.807, 2.05) is 11.9 Å². The molecule has 3 rings (SSSR count). The van der Waals surface area contributed by atoms with Gasteiger partial charge in [0.1, 0.15) is 0 Å². The largest absolute Gasteiger partial charge is 0.412 e. The first kappa shape index (κ1) is 41.9. The Labute approximate surface area is 223 Å². The first-order chi connectivity index (χ1) is 13.8. The van der Waals surface area contributed by atoms with Gasteiger partial charge in [0.05, 0.1) is 5.38 Å². The normalized spacial score (nSPS) is 26.5. The molecule has 214 valence electrons. The highest BCUT2D eigenvalue weighted by Crippen LogP contribution is 2.41. The van der Waals surface area contributed by atoms with Gasteiger partial charge in [-0.25, -0.2) is 0 Å². The first-order valence-electron chi connectivity index (χ1n) is 11.6. The van der Waals surface area contributed by atoms with Crippen LogP contribution in [-0.4, -0.2) is 93.5 Å². The minimum atomic E-state index is 0. The Bertz CT molecular complexity index is 610. The quantitative estimate of drug-likeness (QED) is 0.359. The average molecular weight is 546 g/mol. The zero-order valence-corrected chi connectivity index (χ0v) is 23.2. The van der Waals surface area contributed by atoms with E-state index in [1.165, 1.54) is 51.1 Å². The van der Waals surface area contributed by atoms with E-state index in [2.05, 4.69) is 66.7 Å². The molecule has 35 heavy (non-hydrogen) atoms. The molecule has 0 spiro atoms. The van der Waals surface area contributed by atoms with Crippen molar-refractivity contribution in [1.82, 2.24) is 14.5 Å². The van der Waals surface area contributed by atoms with Crippen molar-refractivity contribution in [3.05, 3.63) is 23.8 Å². The van der Waals surface area contributed by atoms with Crippen LogP contribution in [0.3, 0.4) is 0 Å². The van der Waals surface area contributed by atoms with Crippen LogP contribution in [0.5, 0.6) is 0 Å². The molecule has 1 unspecified atom stereocenters. The second-order valence-electron chi connectivity index (χ2n) is 10.4. The highest BCUT2D eigenvalue weighted by Gasteiger charge is 2.38. The summed E-state index contributed by atoms with van der Waals surface area (Å²) in [5, 5.41) is 4.13. The zero-order chi connectivity index (χ0) is 21.0. The van der Waals surface area contributed by atoms with Gasteiger partial charge >= 0.3 is 0 Å². The summed E-state index contributed by atoms with van der Waals surface area (Å²) in [4.78, 5) is 2.72. The summed E-state index contributed by atoms with van der Waals surface area (Å²) >= 11 is 8.14. The molecule has 0 aromatic heterocycles. The molecule has 2 fully saturated rings. The lowest BCUT2D eigenvalue weighted by molar-refractivity contribution is 0.0628. The third kappa shape index (κ3) is 11.8. The first-order valence-corrected chi connectivity index (χ1v) is 13.2. The Balaban J connectivity index is -0.000000801. The van der Waals surface area contributed by atoms with Crippen molar-refractivity contribution in [3.8, 4) is 0 Å². The van der Waals surface area contributed by atoms with Gasteiger partial charge in [-0.05, 0) is 67.3 Å². The lowest BCUT2D eigenvalue weighted by atomic mass is 9.69. The van der Waals surface area contributed by atoms with Crippen LogP contribution in [0.4, 0.5) is 0 Å². The number of halogens is 1. The minimum Gasteiger partial charge on any atom is -0.412 e. The monoisotopic (exact) mass is 545 g/mol. The number of rotatable bonds is 8. The van der Waals surface area contributed by atoms with Crippen LogP contribution < -0.4 is 5.32 Å². The Morgan fingerprint density at radius 1 is 1.11 bits per heavy atom. The van der Waals surface area contributed by atoms with Gasteiger partial charge < -0.3 is 37.6 Å². The van der Waals surface area contributed by atoms with E-state index in [0.29, 0.717) is 23.3 Å². The van der Waals surface area contributed by atoms with E-state index in [1.54, 1.807) is 0 Å². The molecule has 4 atom stereocenters. The predicted octanol–water partition coefficient (Wildman–Crippen LogP) is 1.55. The number of nitrogens with zero attached hydrogens (tertiary/aromatic N) is 2. The lowest BCUT2D eigenvalue weighted by Crippen LogP contribution is -2.52. The van der Waals surface area contributed by atoms with Crippen LogP contribution >= 0.6 is 23.5 Å². The summed E-state index contributed by atoms with van der Waals surface area (Å²) in [6, 6.07) is 0.580. The van der Waals surface area contributed by atoms with Crippen molar-refractivity contribution in [1.29, 1.82) is 0 Å². The molecule has 0 aromatic carbocycles. The molecule has 2 aliphatic heterocycles. The Morgan fingerprint density at radius 3 is 2.26 bits per heavy atom. The SMILES string of the molecule is C.CSN1CC[C@@H](CN[C@@H](CN2CC[C@H](C3=CCC(Cl)C=C3)C(C)(C)C2)C(C)C)C1.O.O.O.O.O. The van der Waals surface area contributed by atoms with Crippen molar-refractivity contribution in [2.24, 2.45) is 23.2 Å². The summed E-state index contributed by atoms with van der Waals surface area (Å²) in [5.41, 5.74) is 1.82. The number of hydrogen-bond acceptors (Lipinski definition) is 4. The Morgan fingerprint density at radius 2 is 1.77 bits per heavy atom. The van der Waals surface area contributed by atoms with Crippen LogP contribution in [0.1, 0.15) is 54.4 Å². The molecule has 2 saturated heterocycles. The predicted molar refractivity (Wildman–Crippen MR) is 154 cm³/mol. The fourth-order valence-corrected chi connectivity index (χ4v) is 6.16. The standard InChI is InChI=1S/C24H42ClN3S.CH4.5H2O/c1-18(2)23(26-14-19-10-13-28(15-19)29-5)16-27-12-11-22(24(3,4)17-27)20-6-8-21(25)9-7-20;;;;;;/h6-8,18-19,21-23,26H,9-17H2,1-5H3;1H4;5*1H2/t19-,21?,22+,23-;;;;;;/m0....../s1. The molecule has 0 bridgehead atoms. The fraction of sp³-hybridized carbons (Fsp3) is 0.840. The molecule has 3 aliphatic rings. The van der Waals surface area contributed by atoms with Crippen molar-refractivity contribution < 1.29 is 27.4 Å². The van der Waals surface area contributed by atoms with Crippen molar-refractivity contribution in [2.45, 2.75) is 65.8 Å².